The van der Waals surface area contributed by atoms with Crippen LogP contribution in [0.4, 0.5) is 0 Å². The Morgan fingerprint density at radius 2 is 1.69 bits per heavy atom. The largest absolute Gasteiger partial charge is 0.463 e. The van der Waals surface area contributed by atoms with Gasteiger partial charge in [-0.25, -0.2) is 9.69 Å². The predicted molar refractivity (Wildman–Crippen MR) is 136 cm³/mol. The Bertz CT molecular complexity index is 1340. The Balaban J connectivity index is 1.40. The van der Waals surface area contributed by atoms with E-state index in [1.54, 1.807) is 11.3 Å². The summed E-state index contributed by atoms with van der Waals surface area (Å²) in [4.78, 5) is 15.7. The summed E-state index contributed by atoms with van der Waals surface area (Å²) in [5.74, 6) is 0.633. The van der Waals surface area contributed by atoms with Crippen LogP contribution in [0.3, 0.4) is 0 Å². The van der Waals surface area contributed by atoms with Crippen LogP contribution in [-0.4, -0.2) is 64.2 Å². The Kier molecular flexibility index (Phi) is 6.19. The zero-order valence-electron chi connectivity index (χ0n) is 19.9. The van der Waals surface area contributed by atoms with Gasteiger partial charge in [0.25, 0.3) is 5.91 Å². The van der Waals surface area contributed by atoms with Crippen molar-refractivity contribution < 1.29 is 13.9 Å². The van der Waals surface area contributed by atoms with E-state index in [0.717, 1.165) is 41.3 Å². The molecule has 0 N–H and O–H groups in total. The van der Waals surface area contributed by atoms with Gasteiger partial charge in [-0.15, -0.1) is 0 Å². The van der Waals surface area contributed by atoms with Gasteiger partial charge in [-0.1, -0.05) is 48.5 Å². The number of amides is 1. The normalized spacial score (nSPS) is 18.4. The van der Waals surface area contributed by atoms with Crippen molar-refractivity contribution in [2.75, 3.05) is 32.8 Å². The van der Waals surface area contributed by atoms with E-state index in [1.165, 1.54) is 0 Å². The van der Waals surface area contributed by atoms with Gasteiger partial charge < -0.3 is 9.15 Å². The number of furan rings is 1. The highest BCUT2D eigenvalue weighted by Crippen LogP contribution is 2.38. The molecular weight excluding hydrogens is 454 g/mol. The molecule has 1 saturated heterocycles. The first kappa shape index (κ1) is 22.5. The van der Waals surface area contributed by atoms with E-state index in [1.807, 2.05) is 83.7 Å². The van der Waals surface area contributed by atoms with Gasteiger partial charge in [0, 0.05) is 36.8 Å². The van der Waals surface area contributed by atoms with Crippen molar-refractivity contribution in [3.8, 4) is 16.9 Å². The first-order valence-corrected chi connectivity index (χ1v) is 12.2. The van der Waals surface area contributed by atoms with Crippen molar-refractivity contribution in [3.63, 3.8) is 0 Å². The topological polar surface area (TPSA) is 76.1 Å². The maximum absolute atomic E-state index is 13.6. The number of para-hydroxylation sites is 1. The molecule has 1 amide bonds. The van der Waals surface area contributed by atoms with Crippen LogP contribution in [0.15, 0.2) is 94.8 Å². The summed E-state index contributed by atoms with van der Waals surface area (Å²) in [6.45, 7) is 3.04. The van der Waals surface area contributed by atoms with E-state index in [0.29, 0.717) is 31.9 Å². The third kappa shape index (κ3) is 4.48. The highest BCUT2D eigenvalue weighted by atomic mass is 16.5. The maximum atomic E-state index is 13.6. The van der Waals surface area contributed by atoms with Gasteiger partial charge in [-0.3, -0.25) is 9.69 Å². The van der Waals surface area contributed by atoms with Crippen molar-refractivity contribution >= 4 is 11.6 Å². The molecule has 0 radical (unpaired) electrons. The van der Waals surface area contributed by atoms with Gasteiger partial charge in [0.15, 0.2) is 0 Å². The summed E-state index contributed by atoms with van der Waals surface area (Å²) in [7, 11) is 0. The number of hydrogen-bond donors (Lipinski definition) is 0. The Labute approximate surface area is 209 Å². The van der Waals surface area contributed by atoms with Crippen molar-refractivity contribution in [2.45, 2.75) is 12.5 Å². The van der Waals surface area contributed by atoms with Gasteiger partial charge in [0.2, 0.25) is 0 Å². The smallest absolute Gasteiger partial charge is 0.257 e. The second-order valence-electron chi connectivity index (χ2n) is 8.95. The van der Waals surface area contributed by atoms with Crippen LogP contribution in [0.1, 0.15) is 23.8 Å². The van der Waals surface area contributed by atoms with Crippen LogP contribution in [0.5, 0.6) is 0 Å². The van der Waals surface area contributed by atoms with Crippen LogP contribution in [0, 0.1) is 0 Å². The van der Waals surface area contributed by atoms with E-state index < -0.39 is 0 Å². The van der Waals surface area contributed by atoms with Gasteiger partial charge in [-0.05, 0) is 24.3 Å². The van der Waals surface area contributed by atoms with E-state index in [9.17, 15) is 4.79 Å². The average molecular weight is 482 g/mol. The minimum atomic E-state index is -0.300. The summed E-state index contributed by atoms with van der Waals surface area (Å²) in [5.41, 5.74) is 4.49. The van der Waals surface area contributed by atoms with Gasteiger partial charge in [-0.2, -0.15) is 10.2 Å². The third-order valence-electron chi connectivity index (χ3n) is 6.60. The molecule has 36 heavy (non-hydrogen) atoms. The van der Waals surface area contributed by atoms with Gasteiger partial charge >= 0.3 is 0 Å². The molecule has 8 heteroatoms. The van der Waals surface area contributed by atoms with Crippen molar-refractivity contribution in [3.05, 3.63) is 96.6 Å². The summed E-state index contributed by atoms with van der Waals surface area (Å²) in [6, 6.07) is 23.5. The number of benzene rings is 2. The monoisotopic (exact) mass is 481 g/mol. The first-order valence-electron chi connectivity index (χ1n) is 12.2. The lowest BCUT2D eigenvalue weighted by Crippen LogP contribution is -2.43. The minimum Gasteiger partial charge on any atom is -0.463 e. The predicted octanol–water partition coefficient (Wildman–Crippen LogP) is 4.14. The van der Waals surface area contributed by atoms with E-state index in [4.69, 9.17) is 19.4 Å². The fraction of sp³-hybridized carbons (Fsp3) is 0.250. The molecule has 4 heterocycles. The molecule has 8 nitrogen and oxygen atoms in total. The molecule has 0 aliphatic carbocycles. The molecule has 0 bridgehead atoms. The molecule has 6 rings (SSSR count). The molecule has 2 aliphatic rings. The van der Waals surface area contributed by atoms with E-state index >= 15 is 0 Å². The minimum absolute atomic E-state index is 0.0464. The summed E-state index contributed by atoms with van der Waals surface area (Å²) in [5, 5.41) is 11.4. The van der Waals surface area contributed by atoms with Crippen LogP contribution >= 0.6 is 0 Å². The standard InChI is InChI=1S/C28H27N5O3/c34-27(20-31-13-16-35-17-14-31)33-25(18-24(29-33)26-12-7-15-36-26)23-19-32(22-10-5-2-6-11-22)30-28(23)21-8-3-1-4-9-21/h1-12,15,19,25H,13-14,16-18,20H2/t25-/m0/s1. The zero-order chi connectivity index (χ0) is 24.3. The van der Waals surface area contributed by atoms with Crippen molar-refractivity contribution in [1.29, 1.82) is 0 Å². The summed E-state index contributed by atoms with van der Waals surface area (Å²) < 4.78 is 13.0. The SMILES string of the molecule is O=C(CN1CCOCC1)N1N=C(c2ccco2)C[C@H]1c1cn(-c2ccccc2)nc1-c1ccccc1. The second-order valence-corrected chi connectivity index (χ2v) is 8.95. The van der Waals surface area contributed by atoms with Crippen molar-refractivity contribution in [1.82, 2.24) is 19.7 Å². The molecular formula is C28H27N5O3. The lowest BCUT2D eigenvalue weighted by molar-refractivity contribution is -0.135. The van der Waals surface area contributed by atoms with Crippen LogP contribution in [0.25, 0.3) is 16.9 Å². The molecule has 2 aliphatic heterocycles. The Morgan fingerprint density at radius 3 is 2.42 bits per heavy atom. The van der Waals surface area contributed by atoms with E-state index in [-0.39, 0.29) is 11.9 Å². The number of rotatable bonds is 6. The first-order chi connectivity index (χ1) is 17.8. The van der Waals surface area contributed by atoms with Gasteiger partial charge in [0.05, 0.1) is 43.4 Å². The van der Waals surface area contributed by atoms with Crippen LogP contribution in [-0.2, 0) is 9.53 Å². The van der Waals surface area contributed by atoms with Gasteiger partial charge in [0.1, 0.15) is 11.5 Å². The average Bonchev–Trinajstić information content (AvgIpc) is 3.70. The number of hydrazone groups is 1. The molecule has 2 aromatic heterocycles. The fourth-order valence-corrected chi connectivity index (χ4v) is 4.76. The number of hydrogen-bond acceptors (Lipinski definition) is 6. The summed E-state index contributed by atoms with van der Waals surface area (Å²) in [6.07, 6.45) is 4.20. The number of carbonyl (C=O) groups is 1. The number of carbonyl (C=O) groups excluding carboxylic acids is 1. The van der Waals surface area contributed by atoms with Crippen molar-refractivity contribution in [2.24, 2.45) is 5.10 Å². The quantitative estimate of drug-likeness (QED) is 0.414. The Hall–Kier alpha value is -4.01. The highest BCUT2D eigenvalue weighted by molar-refractivity contribution is 6.01. The van der Waals surface area contributed by atoms with Crippen LogP contribution in [0.2, 0.25) is 0 Å². The highest BCUT2D eigenvalue weighted by Gasteiger charge is 2.37. The molecule has 1 fully saturated rings. The fourth-order valence-electron chi connectivity index (χ4n) is 4.76. The molecule has 182 valence electrons. The molecule has 4 aromatic rings. The van der Waals surface area contributed by atoms with E-state index in [2.05, 4.69) is 4.90 Å². The second kappa shape index (κ2) is 9.93. The number of aromatic nitrogens is 2. The third-order valence-corrected chi connectivity index (χ3v) is 6.60. The van der Waals surface area contributed by atoms with Crippen LogP contribution < -0.4 is 0 Å². The molecule has 1 atom stereocenters. The molecule has 0 saturated carbocycles. The lowest BCUT2D eigenvalue weighted by atomic mass is 9.98. The maximum Gasteiger partial charge on any atom is 0.257 e. The lowest BCUT2D eigenvalue weighted by Gasteiger charge is -2.29. The Morgan fingerprint density at radius 1 is 0.944 bits per heavy atom. The number of morpholine rings is 1. The number of nitrogens with zero attached hydrogens (tertiary/aromatic N) is 5. The zero-order valence-corrected chi connectivity index (χ0v) is 19.9. The molecule has 0 unspecified atom stereocenters. The molecule has 0 spiro atoms. The molecule has 2 aromatic carbocycles. The number of ether oxygens (including phenoxy) is 1. The summed E-state index contributed by atoms with van der Waals surface area (Å²) >= 11 is 0.